The summed E-state index contributed by atoms with van der Waals surface area (Å²) in [5.41, 5.74) is 0.860. The Morgan fingerprint density at radius 3 is 2.52 bits per heavy atom. The van der Waals surface area contributed by atoms with Crippen LogP contribution in [-0.2, 0) is 9.53 Å². The van der Waals surface area contributed by atoms with Gasteiger partial charge in [0.2, 0.25) is 0 Å². The smallest absolute Gasteiger partial charge is 0.336 e. The summed E-state index contributed by atoms with van der Waals surface area (Å²) in [6.07, 6.45) is 12.1. The highest BCUT2D eigenvalue weighted by Crippen LogP contribution is 2.21. The first kappa shape index (κ1) is 23.5. The molecule has 0 bridgehead atoms. The average molecular weight is 391 g/mol. The summed E-state index contributed by atoms with van der Waals surface area (Å²) in [6, 6.07) is 7.52. The Bertz CT molecular complexity index is 630. The number of allylic oxidation sites excluding steroid dienone is 3. The van der Waals surface area contributed by atoms with Crippen LogP contribution in [0.2, 0.25) is 0 Å². The molecule has 0 fully saturated rings. The van der Waals surface area contributed by atoms with Gasteiger partial charge in [-0.1, -0.05) is 31.9 Å². The molecule has 0 aliphatic carbocycles. The van der Waals surface area contributed by atoms with E-state index in [-0.39, 0.29) is 11.6 Å². The van der Waals surface area contributed by atoms with Gasteiger partial charge in [0.1, 0.15) is 5.75 Å². The predicted molar refractivity (Wildman–Crippen MR) is 115 cm³/mol. The number of carbonyl (C=O) groups excluding carboxylic acids is 1. The molecule has 0 aromatic heterocycles. The lowest BCUT2D eigenvalue weighted by Gasteiger charge is -2.23. The molecule has 27 heavy (non-hydrogen) atoms. The third-order valence-electron chi connectivity index (χ3n) is 4.57. The van der Waals surface area contributed by atoms with Crippen LogP contribution in [0.25, 0.3) is 0 Å². The highest BCUT2D eigenvalue weighted by Gasteiger charge is 2.15. The van der Waals surface area contributed by atoms with Crippen molar-refractivity contribution in [2.45, 2.75) is 63.9 Å². The fourth-order valence-corrected chi connectivity index (χ4v) is 3.01. The Hall–Kier alpha value is -1.52. The topological polar surface area (TPSA) is 35.5 Å². The second-order valence-electron chi connectivity index (χ2n) is 7.58. The van der Waals surface area contributed by atoms with Crippen molar-refractivity contribution < 1.29 is 14.3 Å². The molecule has 0 aliphatic rings. The van der Waals surface area contributed by atoms with Gasteiger partial charge in [-0.15, -0.1) is 11.8 Å². The zero-order valence-electron chi connectivity index (χ0n) is 17.6. The van der Waals surface area contributed by atoms with Crippen molar-refractivity contribution in [1.29, 1.82) is 0 Å². The SMILES string of the molecule is COC(C)(C)CCCC(C)CC=CC(C)=CC(=O)Oc1ccc(SC)cc1. The zero-order chi connectivity index (χ0) is 20.3. The second kappa shape index (κ2) is 12.0. The summed E-state index contributed by atoms with van der Waals surface area (Å²) < 4.78 is 10.8. The lowest BCUT2D eigenvalue weighted by atomic mass is 9.95. The minimum absolute atomic E-state index is 0.0368. The summed E-state index contributed by atoms with van der Waals surface area (Å²) in [4.78, 5) is 13.1. The largest absolute Gasteiger partial charge is 0.423 e. The molecule has 1 atom stereocenters. The fourth-order valence-electron chi connectivity index (χ4n) is 2.61. The summed E-state index contributed by atoms with van der Waals surface area (Å²) in [5, 5.41) is 0. The Morgan fingerprint density at radius 2 is 1.93 bits per heavy atom. The summed E-state index contributed by atoms with van der Waals surface area (Å²) >= 11 is 1.66. The second-order valence-corrected chi connectivity index (χ2v) is 8.46. The molecule has 4 heteroatoms. The number of methoxy groups -OCH3 is 1. The highest BCUT2D eigenvalue weighted by atomic mass is 32.2. The van der Waals surface area contributed by atoms with E-state index in [1.54, 1.807) is 18.9 Å². The minimum atomic E-state index is -0.344. The molecular formula is C23H34O3S. The molecule has 0 amide bonds. The van der Waals surface area contributed by atoms with E-state index in [2.05, 4.69) is 26.8 Å². The van der Waals surface area contributed by atoms with E-state index in [1.807, 2.05) is 43.5 Å². The van der Waals surface area contributed by atoms with E-state index < -0.39 is 0 Å². The van der Waals surface area contributed by atoms with Crippen LogP contribution >= 0.6 is 11.8 Å². The van der Waals surface area contributed by atoms with Crippen LogP contribution in [0.15, 0.2) is 53.0 Å². The number of ether oxygens (including phenoxy) is 2. The minimum Gasteiger partial charge on any atom is -0.423 e. The summed E-state index contributed by atoms with van der Waals surface area (Å²) in [5.74, 6) is 0.839. The highest BCUT2D eigenvalue weighted by molar-refractivity contribution is 7.98. The Kier molecular flexibility index (Phi) is 10.5. The van der Waals surface area contributed by atoms with Crippen LogP contribution in [0.5, 0.6) is 5.75 Å². The third kappa shape index (κ3) is 10.4. The maximum absolute atomic E-state index is 12.0. The molecule has 1 rings (SSSR count). The number of hydrogen-bond donors (Lipinski definition) is 0. The lowest BCUT2D eigenvalue weighted by molar-refractivity contribution is -0.129. The average Bonchev–Trinajstić information content (AvgIpc) is 2.62. The van der Waals surface area contributed by atoms with Crippen LogP contribution < -0.4 is 4.74 Å². The van der Waals surface area contributed by atoms with Crippen LogP contribution in [0.4, 0.5) is 0 Å². The van der Waals surface area contributed by atoms with E-state index in [0.29, 0.717) is 11.7 Å². The van der Waals surface area contributed by atoms with Crippen molar-refractivity contribution >= 4 is 17.7 Å². The van der Waals surface area contributed by atoms with Crippen LogP contribution in [0, 0.1) is 5.92 Å². The van der Waals surface area contributed by atoms with E-state index in [0.717, 1.165) is 29.7 Å². The number of rotatable bonds is 11. The molecule has 1 unspecified atom stereocenters. The van der Waals surface area contributed by atoms with Gasteiger partial charge in [-0.3, -0.25) is 0 Å². The molecule has 0 radical (unpaired) electrons. The third-order valence-corrected chi connectivity index (χ3v) is 5.31. The number of carbonyl (C=O) groups is 1. The van der Waals surface area contributed by atoms with Gasteiger partial charge >= 0.3 is 5.97 Å². The van der Waals surface area contributed by atoms with Crippen molar-refractivity contribution in [3.05, 3.63) is 48.1 Å². The van der Waals surface area contributed by atoms with E-state index >= 15 is 0 Å². The zero-order valence-corrected chi connectivity index (χ0v) is 18.4. The molecule has 1 aromatic carbocycles. The van der Waals surface area contributed by atoms with Gasteiger partial charge < -0.3 is 9.47 Å². The number of hydrogen-bond acceptors (Lipinski definition) is 4. The first-order valence-corrected chi connectivity index (χ1v) is 10.7. The molecule has 1 aromatic rings. The Morgan fingerprint density at radius 1 is 1.26 bits per heavy atom. The van der Waals surface area contributed by atoms with Crippen LogP contribution in [0.3, 0.4) is 0 Å². The molecule has 3 nitrogen and oxygen atoms in total. The standard InChI is InChI=1S/C23H34O3S/c1-18(11-8-16-23(3,4)25-5)9-7-10-19(2)17-22(24)26-20-12-14-21(27-6)15-13-20/h7,10,12-15,17-18H,8-9,11,16H2,1-6H3. The predicted octanol–water partition coefficient (Wildman–Crippen LogP) is 6.44. The first-order chi connectivity index (χ1) is 12.8. The van der Waals surface area contributed by atoms with Crippen LogP contribution in [-0.4, -0.2) is 24.9 Å². The fraction of sp³-hybridized carbons (Fsp3) is 0.522. The molecule has 0 aliphatic heterocycles. The molecule has 0 spiro atoms. The van der Waals surface area contributed by atoms with Crippen molar-refractivity contribution in [3.8, 4) is 5.75 Å². The van der Waals surface area contributed by atoms with Crippen molar-refractivity contribution in [3.63, 3.8) is 0 Å². The number of thioether (sulfide) groups is 1. The van der Waals surface area contributed by atoms with Gasteiger partial charge in [-0.25, -0.2) is 4.79 Å². The van der Waals surface area contributed by atoms with Gasteiger partial charge in [0.25, 0.3) is 0 Å². The van der Waals surface area contributed by atoms with Crippen molar-refractivity contribution in [2.75, 3.05) is 13.4 Å². The summed E-state index contributed by atoms with van der Waals surface area (Å²) in [7, 11) is 1.77. The maximum Gasteiger partial charge on any atom is 0.336 e. The maximum atomic E-state index is 12.0. The Balaban J connectivity index is 2.37. The van der Waals surface area contributed by atoms with E-state index in [4.69, 9.17) is 9.47 Å². The molecular weight excluding hydrogens is 356 g/mol. The molecule has 150 valence electrons. The van der Waals surface area contributed by atoms with Crippen molar-refractivity contribution in [1.82, 2.24) is 0 Å². The summed E-state index contributed by atoms with van der Waals surface area (Å²) in [6.45, 7) is 8.43. The Labute approximate surface area is 169 Å². The monoisotopic (exact) mass is 390 g/mol. The van der Waals surface area contributed by atoms with E-state index in [1.165, 1.54) is 12.5 Å². The number of benzene rings is 1. The first-order valence-electron chi connectivity index (χ1n) is 9.51. The molecule has 0 saturated carbocycles. The van der Waals surface area contributed by atoms with Gasteiger partial charge in [-0.2, -0.15) is 0 Å². The van der Waals surface area contributed by atoms with Crippen molar-refractivity contribution in [2.24, 2.45) is 5.92 Å². The van der Waals surface area contributed by atoms with Crippen LogP contribution in [0.1, 0.15) is 53.4 Å². The van der Waals surface area contributed by atoms with Gasteiger partial charge in [0.15, 0.2) is 0 Å². The van der Waals surface area contributed by atoms with Gasteiger partial charge in [0, 0.05) is 18.1 Å². The number of esters is 1. The lowest BCUT2D eigenvalue weighted by Crippen LogP contribution is -2.22. The van der Waals surface area contributed by atoms with Gasteiger partial charge in [0.05, 0.1) is 5.60 Å². The van der Waals surface area contributed by atoms with Gasteiger partial charge in [-0.05, 0) is 75.6 Å². The molecule has 0 N–H and O–H groups in total. The van der Waals surface area contributed by atoms with E-state index in [9.17, 15) is 4.79 Å². The normalized spacial score (nSPS) is 13.8. The molecule has 0 saturated heterocycles. The quantitative estimate of drug-likeness (QED) is 0.143. The molecule has 0 heterocycles.